The summed E-state index contributed by atoms with van der Waals surface area (Å²) in [7, 11) is 2.07. The van der Waals surface area contributed by atoms with Crippen LogP contribution in [-0.2, 0) is 13.5 Å². The number of piperidine rings is 1. The number of rotatable bonds is 2. The highest BCUT2D eigenvalue weighted by Crippen LogP contribution is 2.29. The summed E-state index contributed by atoms with van der Waals surface area (Å²) >= 11 is 0. The highest BCUT2D eigenvalue weighted by Gasteiger charge is 2.19. The Morgan fingerprint density at radius 3 is 2.79 bits per heavy atom. The van der Waals surface area contributed by atoms with Crippen molar-refractivity contribution in [1.82, 2.24) is 9.88 Å². The molecule has 2 aromatic rings. The predicted octanol–water partition coefficient (Wildman–Crippen LogP) is 3.17. The maximum absolute atomic E-state index is 13.5. The summed E-state index contributed by atoms with van der Waals surface area (Å²) in [5.41, 5.74) is 3.76. The van der Waals surface area contributed by atoms with E-state index >= 15 is 0 Å². The molecule has 0 spiro atoms. The average Bonchev–Trinajstić information content (AvgIpc) is 2.65. The molecule has 102 valence electrons. The fraction of sp³-hybridized carbons (Fsp3) is 0.500. The topological polar surface area (TPSA) is 17.0 Å². The minimum absolute atomic E-state index is 0.135. The molecular formula is C16H21FN2. The largest absolute Gasteiger partial charge is 0.348 e. The van der Waals surface area contributed by atoms with Crippen molar-refractivity contribution in [2.24, 2.45) is 13.0 Å². The lowest BCUT2D eigenvalue weighted by molar-refractivity contribution is 0.373. The Labute approximate surface area is 113 Å². The summed E-state index contributed by atoms with van der Waals surface area (Å²) in [5, 5.41) is 4.50. The van der Waals surface area contributed by atoms with Crippen LogP contribution in [-0.4, -0.2) is 17.7 Å². The van der Waals surface area contributed by atoms with Gasteiger partial charge < -0.3 is 9.88 Å². The summed E-state index contributed by atoms with van der Waals surface area (Å²) in [5.74, 6) is 0.596. The minimum atomic E-state index is -0.135. The van der Waals surface area contributed by atoms with Crippen LogP contribution in [0.3, 0.4) is 0 Å². The van der Waals surface area contributed by atoms with Crippen LogP contribution in [0, 0.1) is 18.7 Å². The molecule has 1 aromatic carbocycles. The quantitative estimate of drug-likeness (QED) is 0.877. The molecule has 2 heterocycles. The second-order valence-corrected chi connectivity index (χ2v) is 5.68. The lowest BCUT2D eigenvalue weighted by Crippen LogP contribution is -2.28. The van der Waals surface area contributed by atoms with Crippen LogP contribution in [0.2, 0.25) is 0 Å². The molecule has 0 aliphatic carbocycles. The molecule has 0 bridgehead atoms. The Bertz CT molecular complexity index is 594. The van der Waals surface area contributed by atoms with Crippen LogP contribution >= 0.6 is 0 Å². The zero-order valence-electron chi connectivity index (χ0n) is 11.7. The molecule has 3 heteroatoms. The first-order valence-corrected chi connectivity index (χ1v) is 7.11. The van der Waals surface area contributed by atoms with E-state index in [9.17, 15) is 4.39 Å². The van der Waals surface area contributed by atoms with Gasteiger partial charge in [0.2, 0.25) is 0 Å². The molecular weight excluding hydrogens is 239 g/mol. The number of benzene rings is 1. The highest BCUT2D eigenvalue weighted by atomic mass is 19.1. The molecule has 1 aliphatic heterocycles. The predicted molar refractivity (Wildman–Crippen MR) is 76.9 cm³/mol. The number of aromatic nitrogens is 1. The maximum Gasteiger partial charge on any atom is 0.123 e. The third kappa shape index (κ3) is 2.27. The van der Waals surface area contributed by atoms with Crippen LogP contribution in [0.15, 0.2) is 18.2 Å². The van der Waals surface area contributed by atoms with Gasteiger partial charge in [-0.3, -0.25) is 0 Å². The van der Waals surface area contributed by atoms with E-state index in [0.717, 1.165) is 36.3 Å². The van der Waals surface area contributed by atoms with Crippen molar-refractivity contribution >= 4 is 10.9 Å². The highest BCUT2D eigenvalue weighted by molar-refractivity contribution is 5.85. The zero-order valence-corrected chi connectivity index (χ0v) is 11.7. The molecule has 0 unspecified atom stereocenters. The van der Waals surface area contributed by atoms with Crippen LogP contribution < -0.4 is 5.32 Å². The normalized spacial score (nSPS) is 17.2. The Kier molecular flexibility index (Phi) is 3.31. The molecule has 1 aromatic heterocycles. The molecule has 3 rings (SSSR count). The molecule has 19 heavy (non-hydrogen) atoms. The summed E-state index contributed by atoms with van der Waals surface area (Å²) in [6.07, 6.45) is 3.53. The Balaban J connectivity index is 2.01. The van der Waals surface area contributed by atoms with E-state index in [4.69, 9.17) is 0 Å². The van der Waals surface area contributed by atoms with Crippen LogP contribution in [0.25, 0.3) is 10.9 Å². The van der Waals surface area contributed by atoms with E-state index in [1.807, 2.05) is 6.07 Å². The van der Waals surface area contributed by atoms with Crippen molar-refractivity contribution in [2.45, 2.75) is 26.2 Å². The monoisotopic (exact) mass is 260 g/mol. The number of halogens is 1. The molecule has 1 N–H and O–H groups in total. The zero-order chi connectivity index (χ0) is 13.4. The van der Waals surface area contributed by atoms with E-state index in [1.54, 1.807) is 12.1 Å². The van der Waals surface area contributed by atoms with E-state index in [-0.39, 0.29) is 5.82 Å². The Hall–Kier alpha value is -1.35. The number of nitrogens with zero attached hydrogens (tertiary/aromatic N) is 1. The van der Waals surface area contributed by atoms with Gasteiger partial charge in [-0.1, -0.05) is 0 Å². The van der Waals surface area contributed by atoms with Crippen molar-refractivity contribution in [3.8, 4) is 0 Å². The van der Waals surface area contributed by atoms with Gasteiger partial charge in [-0.15, -0.1) is 0 Å². The fourth-order valence-corrected chi connectivity index (χ4v) is 3.25. The Morgan fingerprint density at radius 2 is 2.05 bits per heavy atom. The molecule has 0 atom stereocenters. The standard InChI is InChI=1S/C16H21FN2/c1-11-14(9-12-5-7-18-8-6-12)15-10-13(17)3-4-16(15)19(11)2/h3-4,10,12,18H,5-9H2,1-2H3. The van der Waals surface area contributed by atoms with Crippen molar-refractivity contribution in [3.05, 3.63) is 35.3 Å². The number of nitrogens with one attached hydrogen (secondary N) is 1. The van der Waals surface area contributed by atoms with E-state index in [0.29, 0.717) is 0 Å². The minimum Gasteiger partial charge on any atom is -0.348 e. The fourth-order valence-electron chi connectivity index (χ4n) is 3.25. The molecule has 0 amide bonds. The third-order valence-electron chi connectivity index (χ3n) is 4.54. The molecule has 2 nitrogen and oxygen atoms in total. The van der Waals surface area contributed by atoms with Gasteiger partial charge in [0.15, 0.2) is 0 Å². The molecule has 1 fully saturated rings. The van der Waals surface area contributed by atoms with Crippen molar-refractivity contribution in [3.63, 3.8) is 0 Å². The van der Waals surface area contributed by atoms with Gasteiger partial charge in [-0.2, -0.15) is 0 Å². The van der Waals surface area contributed by atoms with Crippen molar-refractivity contribution < 1.29 is 4.39 Å². The van der Waals surface area contributed by atoms with Gasteiger partial charge in [0.05, 0.1) is 0 Å². The average molecular weight is 260 g/mol. The Morgan fingerprint density at radius 1 is 1.32 bits per heavy atom. The summed E-state index contributed by atoms with van der Waals surface area (Å²) in [6, 6.07) is 5.14. The lowest BCUT2D eigenvalue weighted by Gasteiger charge is -2.22. The molecule has 1 saturated heterocycles. The third-order valence-corrected chi connectivity index (χ3v) is 4.54. The van der Waals surface area contributed by atoms with Gasteiger partial charge in [0.1, 0.15) is 5.82 Å². The first-order valence-electron chi connectivity index (χ1n) is 7.11. The van der Waals surface area contributed by atoms with Gasteiger partial charge in [0, 0.05) is 23.6 Å². The van der Waals surface area contributed by atoms with Crippen LogP contribution in [0.5, 0.6) is 0 Å². The van der Waals surface area contributed by atoms with Gasteiger partial charge in [0.25, 0.3) is 0 Å². The number of aryl methyl sites for hydroxylation is 1. The van der Waals surface area contributed by atoms with E-state index in [2.05, 4.69) is 23.9 Å². The summed E-state index contributed by atoms with van der Waals surface area (Å²) in [4.78, 5) is 0. The summed E-state index contributed by atoms with van der Waals surface area (Å²) in [6.45, 7) is 4.37. The second kappa shape index (κ2) is 4.97. The van der Waals surface area contributed by atoms with Crippen LogP contribution in [0.4, 0.5) is 4.39 Å². The first-order chi connectivity index (χ1) is 9.16. The molecule has 0 saturated carbocycles. The second-order valence-electron chi connectivity index (χ2n) is 5.68. The van der Waals surface area contributed by atoms with Crippen molar-refractivity contribution in [1.29, 1.82) is 0 Å². The van der Waals surface area contributed by atoms with Gasteiger partial charge in [-0.25, -0.2) is 4.39 Å². The SMILES string of the molecule is Cc1c(CC2CCNCC2)c2cc(F)ccc2n1C. The van der Waals surface area contributed by atoms with Crippen molar-refractivity contribution in [2.75, 3.05) is 13.1 Å². The summed E-state index contributed by atoms with van der Waals surface area (Å²) < 4.78 is 15.7. The van der Waals surface area contributed by atoms with Gasteiger partial charge in [-0.05, 0) is 69.0 Å². The van der Waals surface area contributed by atoms with E-state index in [1.165, 1.54) is 24.1 Å². The maximum atomic E-state index is 13.5. The van der Waals surface area contributed by atoms with Crippen LogP contribution in [0.1, 0.15) is 24.1 Å². The van der Waals surface area contributed by atoms with Gasteiger partial charge >= 0.3 is 0 Å². The molecule has 0 radical (unpaired) electrons. The number of hydrogen-bond donors (Lipinski definition) is 1. The number of fused-ring (bicyclic) bond motifs is 1. The van der Waals surface area contributed by atoms with E-state index < -0.39 is 0 Å². The lowest BCUT2D eigenvalue weighted by atomic mass is 9.90. The smallest absolute Gasteiger partial charge is 0.123 e. The number of hydrogen-bond acceptors (Lipinski definition) is 1. The molecule has 1 aliphatic rings. The first kappa shape index (κ1) is 12.7.